The van der Waals surface area contributed by atoms with Crippen molar-refractivity contribution in [1.29, 1.82) is 0 Å². The maximum absolute atomic E-state index is 12.5. The molecule has 2 amide bonds. The van der Waals surface area contributed by atoms with Crippen LogP contribution in [0.2, 0.25) is 0 Å². The lowest BCUT2D eigenvalue weighted by Gasteiger charge is -2.22. The molecule has 1 aromatic rings. The minimum Gasteiger partial charge on any atom is -0.345 e. The number of carbonyl (C=O) groups is 2. The van der Waals surface area contributed by atoms with Crippen LogP contribution in [0.5, 0.6) is 0 Å². The van der Waals surface area contributed by atoms with E-state index in [2.05, 4.69) is 4.98 Å². The molecule has 7 heteroatoms. The van der Waals surface area contributed by atoms with E-state index < -0.39 is 0 Å². The van der Waals surface area contributed by atoms with Gasteiger partial charge in [0, 0.05) is 50.9 Å². The van der Waals surface area contributed by atoms with Crippen LogP contribution < -0.4 is 0 Å². The lowest BCUT2D eigenvalue weighted by Crippen LogP contribution is -2.37. The maximum atomic E-state index is 12.5. The highest BCUT2D eigenvalue weighted by Gasteiger charge is 2.35. The van der Waals surface area contributed by atoms with Gasteiger partial charge < -0.3 is 14.7 Å². The summed E-state index contributed by atoms with van der Waals surface area (Å²) in [7, 11) is 5.79. The van der Waals surface area contributed by atoms with E-state index in [9.17, 15) is 9.59 Å². The predicted octanol–water partition coefficient (Wildman–Crippen LogP) is 0.863. The molecule has 1 fully saturated rings. The molecule has 128 valence electrons. The number of nitrogens with zero attached hydrogens (tertiary/aromatic N) is 4. The average molecular weight is 338 g/mol. The van der Waals surface area contributed by atoms with E-state index in [1.807, 2.05) is 43.4 Å². The summed E-state index contributed by atoms with van der Waals surface area (Å²) >= 11 is 1.63. The van der Waals surface area contributed by atoms with E-state index >= 15 is 0 Å². The molecule has 1 aliphatic heterocycles. The SMILES string of the molecule is Cc1ncsc1CCN(C)C(=O)C1CC(=O)N(CCN(C)C)C1. The summed E-state index contributed by atoms with van der Waals surface area (Å²) in [5.41, 5.74) is 2.88. The number of hydrogen-bond donors (Lipinski definition) is 0. The molecule has 1 saturated heterocycles. The zero-order chi connectivity index (χ0) is 17.0. The highest BCUT2D eigenvalue weighted by molar-refractivity contribution is 7.09. The first-order chi connectivity index (χ1) is 10.9. The van der Waals surface area contributed by atoms with Crippen molar-refractivity contribution in [3.63, 3.8) is 0 Å². The van der Waals surface area contributed by atoms with Crippen LogP contribution in [-0.4, -0.2) is 78.8 Å². The largest absolute Gasteiger partial charge is 0.345 e. The number of rotatable bonds is 7. The van der Waals surface area contributed by atoms with E-state index in [1.54, 1.807) is 16.2 Å². The molecule has 23 heavy (non-hydrogen) atoms. The van der Waals surface area contributed by atoms with E-state index in [-0.39, 0.29) is 17.7 Å². The molecule has 2 rings (SSSR count). The van der Waals surface area contributed by atoms with Crippen molar-refractivity contribution in [3.8, 4) is 0 Å². The second-order valence-corrected chi connectivity index (χ2v) is 7.35. The highest BCUT2D eigenvalue weighted by Crippen LogP contribution is 2.20. The monoisotopic (exact) mass is 338 g/mol. The number of amides is 2. The van der Waals surface area contributed by atoms with Crippen molar-refractivity contribution in [3.05, 3.63) is 16.1 Å². The summed E-state index contributed by atoms with van der Waals surface area (Å²) in [6.07, 6.45) is 1.17. The smallest absolute Gasteiger partial charge is 0.227 e. The van der Waals surface area contributed by atoms with Gasteiger partial charge in [-0.05, 0) is 21.0 Å². The van der Waals surface area contributed by atoms with Crippen LogP contribution in [0.4, 0.5) is 0 Å². The second-order valence-electron chi connectivity index (χ2n) is 6.41. The van der Waals surface area contributed by atoms with E-state index in [0.717, 1.165) is 18.7 Å². The molecular formula is C16H26N4O2S. The summed E-state index contributed by atoms with van der Waals surface area (Å²) in [6.45, 7) is 4.73. The molecular weight excluding hydrogens is 312 g/mol. The third-order valence-electron chi connectivity index (χ3n) is 4.28. The van der Waals surface area contributed by atoms with E-state index in [0.29, 0.717) is 26.1 Å². The normalized spacial score (nSPS) is 18.0. The molecule has 1 aromatic heterocycles. The molecule has 0 bridgehead atoms. The van der Waals surface area contributed by atoms with Crippen LogP contribution in [0.3, 0.4) is 0 Å². The van der Waals surface area contributed by atoms with Gasteiger partial charge in [-0.3, -0.25) is 9.59 Å². The minimum absolute atomic E-state index is 0.0767. The van der Waals surface area contributed by atoms with Crippen molar-refractivity contribution >= 4 is 23.2 Å². The Balaban J connectivity index is 1.83. The first kappa shape index (κ1) is 17.9. The second kappa shape index (κ2) is 7.88. The number of aryl methyl sites for hydroxylation is 1. The summed E-state index contributed by atoms with van der Waals surface area (Å²) in [6, 6.07) is 0. The Kier molecular flexibility index (Phi) is 6.12. The highest BCUT2D eigenvalue weighted by atomic mass is 32.1. The first-order valence-electron chi connectivity index (χ1n) is 7.95. The molecule has 0 N–H and O–H groups in total. The molecule has 0 aliphatic carbocycles. The lowest BCUT2D eigenvalue weighted by atomic mass is 10.1. The Morgan fingerprint density at radius 2 is 2.13 bits per heavy atom. The quantitative estimate of drug-likeness (QED) is 0.740. The molecule has 0 saturated carbocycles. The van der Waals surface area contributed by atoms with Gasteiger partial charge in [0.1, 0.15) is 0 Å². The first-order valence-corrected chi connectivity index (χ1v) is 8.83. The number of likely N-dealkylation sites (N-methyl/N-ethyl adjacent to an activating group) is 2. The zero-order valence-corrected chi connectivity index (χ0v) is 15.2. The van der Waals surface area contributed by atoms with Crippen LogP contribution in [0.15, 0.2) is 5.51 Å². The van der Waals surface area contributed by atoms with E-state index in [1.165, 1.54) is 4.88 Å². The van der Waals surface area contributed by atoms with Gasteiger partial charge in [-0.2, -0.15) is 0 Å². The Bertz CT molecular complexity index is 558. The Morgan fingerprint density at radius 3 is 2.74 bits per heavy atom. The van der Waals surface area contributed by atoms with Gasteiger partial charge in [-0.15, -0.1) is 11.3 Å². The fraction of sp³-hybridized carbons (Fsp3) is 0.688. The van der Waals surface area contributed by atoms with Crippen molar-refractivity contribution in [2.75, 3.05) is 47.3 Å². The lowest BCUT2D eigenvalue weighted by molar-refractivity contribution is -0.134. The average Bonchev–Trinajstić information content (AvgIpc) is 3.07. The van der Waals surface area contributed by atoms with Crippen molar-refractivity contribution in [2.24, 2.45) is 5.92 Å². The number of likely N-dealkylation sites (tertiary alicyclic amines) is 1. The molecule has 0 spiro atoms. The fourth-order valence-corrected chi connectivity index (χ4v) is 3.50. The van der Waals surface area contributed by atoms with Crippen molar-refractivity contribution in [1.82, 2.24) is 19.7 Å². The fourth-order valence-electron chi connectivity index (χ4n) is 2.73. The van der Waals surface area contributed by atoms with Crippen molar-refractivity contribution in [2.45, 2.75) is 19.8 Å². The molecule has 1 aliphatic rings. The molecule has 6 nitrogen and oxygen atoms in total. The predicted molar refractivity (Wildman–Crippen MR) is 91.4 cm³/mol. The van der Waals surface area contributed by atoms with Gasteiger partial charge in [-0.25, -0.2) is 4.98 Å². The summed E-state index contributed by atoms with van der Waals surface area (Å²) in [5.74, 6) is -0.0259. The summed E-state index contributed by atoms with van der Waals surface area (Å²) in [4.78, 5) is 35.7. The Hall–Kier alpha value is -1.47. The zero-order valence-electron chi connectivity index (χ0n) is 14.4. The third-order valence-corrected chi connectivity index (χ3v) is 5.27. The van der Waals surface area contributed by atoms with Gasteiger partial charge in [0.05, 0.1) is 17.1 Å². The number of carbonyl (C=O) groups excluding carboxylic acids is 2. The molecule has 0 radical (unpaired) electrons. The minimum atomic E-state index is -0.197. The van der Waals surface area contributed by atoms with Gasteiger partial charge in [-0.1, -0.05) is 0 Å². The van der Waals surface area contributed by atoms with Crippen LogP contribution in [-0.2, 0) is 16.0 Å². The van der Waals surface area contributed by atoms with Crippen LogP contribution in [0.1, 0.15) is 17.0 Å². The standard InChI is InChI=1S/C16H26N4O2S/c1-12-14(23-11-17-12)5-6-19(4)16(22)13-9-15(21)20(10-13)8-7-18(2)3/h11,13H,5-10H2,1-4H3. The Labute approximate surface area is 142 Å². The number of thiazole rings is 1. The van der Waals surface area contributed by atoms with Crippen LogP contribution in [0.25, 0.3) is 0 Å². The van der Waals surface area contributed by atoms with Crippen LogP contribution >= 0.6 is 11.3 Å². The van der Waals surface area contributed by atoms with Crippen molar-refractivity contribution < 1.29 is 9.59 Å². The van der Waals surface area contributed by atoms with Gasteiger partial charge in [0.2, 0.25) is 11.8 Å². The number of hydrogen-bond acceptors (Lipinski definition) is 5. The summed E-state index contributed by atoms with van der Waals surface area (Å²) < 4.78 is 0. The van der Waals surface area contributed by atoms with Gasteiger partial charge in [0.25, 0.3) is 0 Å². The Morgan fingerprint density at radius 1 is 1.39 bits per heavy atom. The van der Waals surface area contributed by atoms with Crippen LogP contribution in [0, 0.1) is 12.8 Å². The molecule has 2 heterocycles. The molecule has 1 atom stereocenters. The van der Waals surface area contributed by atoms with E-state index in [4.69, 9.17) is 0 Å². The molecule has 0 aromatic carbocycles. The van der Waals surface area contributed by atoms with Gasteiger partial charge in [0.15, 0.2) is 0 Å². The van der Waals surface area contributed by atoms with Gasteiger partial charge >= 0.3 is 0 Å². The topological polar surface area (TPSA) is 56.8 Å². The maximum Gasteiger partial charge on any atom is 0.227 e. The number of aromatic nitrogens is 1. The third kappa shape index (κ3) is 4.75. The molecule has 1 unspecified atom stereocenters. The summed E-state index contributed by atoms with van der Waals surface area (Å²) in [5, 5.41) is 0.